The molecule has 1 unspecified atom stereocenters. The second kappa shape index (κ2) is 10.1. The monoisotopic (exact) mass is 291 g/mol. The molecule has 0 heterocycles. The standard InChI is InChI=1S/C16H23NO2.C2H6/c1-5-12(2)15-6-8-16(9-7-15)17(14(4)19)11-10-13(3)18;1-2/h6-9,12H,5,10-11H2,1-4H3;1-2H3. The Hall–Kier alpha value is -1.64. The maximum absolute atomic E-state index is 11.6. The quantitative estimate of drug-likeness (QED) is 0.770. The van der Waals surface area contributed by atoms with Gasteiger partial charge in [0.1, 0.15) is 5.78 Å². The summed E-state index contributed by atoms with van der Waals surface area (Å²) >= 11 is 0. The van der Waals surface area contributed by atoms with Gasteiger partial charge >= 0.3 is 0 Å². The van der Waals surface area contributed by atoms with Crippen molar-refractivity contribution in [2.24, 2.45) is 0 Å². The molecule has 118 valence electrons. The number of ketones is 1. The number of rotatable bonds is 6. The number of nitrogens with zero attached hydrogens (tertiary/aromatic N) is 1. The van der Waals surface area contributed by atoms with Gasteiger partial charge in [0.2, 0.25) is 5.91 Å². The molecular weight excluding hydrogens is 262 g/mol. The Bertz CT molecular complexity index is 437. The second-order valence-electron chi connectivity index (χ2n) is 5.02. The fourth-order valence-corrected chi connectivity index (χ4v) is 1.96. The van der Waals surface area contributed by atoms with Crippen LogP contribution in [0.4, 0.5) is 5.69 Å². The summed E-state index contributed by atoms with van der Waals surface area (Å²) < 4.78 is 0. The van der Waals surface area contributed by atoms with E-state index in [0.29, 0.717) is 18.9 Å². The van der Waals surface area contributed by atoms with Gasteiger partial charge < -0.3 is 4.90 Å². The van der Waals surface area contributed by atoms with Crippen molar-refractivity contribution in [3.8, 4) is 0 Å². The van der Waals surface area contributed by atoms with Gasteiger partial charge in [0.15, 0.2) is 0 Å². The van der Waals surface area contributed by atoms with E-state index in [2.05, 4.69) is 26.0 Å². The number of hydrogen-bond donors (Lipinski definition) is 0. The van der Waals surface area contributed by atoms with Crippen molar-refractivity contribution in [2.45, 2.75) is 60.3 Å². The Kier molecular flexibility index (Phi) is 9.35. The van der Waals surface area contributed by atoms with E-state index in [-0.39, 0.29) is 11.7 Å². The molecule has 0 aliphatic rings. The van der Waals surface area contributed by atoms with Gasteiger partial charge in [-0.2, -0.15) is 0 Å². The SMILES string of the molecule is CC.CCC(C)c1ccc(N(CCC(C)=O)C(C)=O)cc1. The van der Waals surface area contributed by atoms with E-state index < -0.39 is 0 Å². The summed E-state index contributed by atoms with van der Waals surface area (Å²) in [6, 6.07) is 8.05. The average molecular weight is 291 g/mol. The highest BCUT2D eigenvalue weighted by atomic mass is 16.2. The summed E-state index contributed by atoms with van der Waals surface area (Å²) in [6.07, 6.45) is 1.49. The number of anilines is 1. The summed E-state index contributed by atoms with van der Waals surface area (Å²) in [7, 11) is 0. The first kappa shape index (κ1) is 19.4. The minimum absolute atomic E-state index is 0.0301. The Morgan fingerprint density at radius 3 is 2.00 bits per heavy atom. The summed E-state index contributed by atoms with van der Waals surface area (Å²) in [4.78, 5) is 24.3. The Morgan fingerprint density at radius 1 is 1.10 bits per heavy atom. The first-order valence-corrected chi connectivity index (χ1v) is 7.83. The van der Waals surface area contributed by atoms with Crippen LogP contribution in [0, 0.1) is 0 Å². The van der Waals surface area contributed by atoms with Crippen LogP contribution in [0.2, 0.25) is 0 Å². The molecule has 1 atom stereocenters. The van der Waals surface area contributed by atoms with E-state index in [1.54, 1.807) is 11.8 Å². The van der Waals surface area contributed by atoms with Gasteiger partial charge in [-0.15, -0.1) is 0 Å². The molecule has 1 rings (SSSR count). The lowest BCUT2D eigenvalue weighted by Gasteiger charge is -2.21. The predicted molar refractivity (Wildman–Crippen MR) is 89.8 cm³/mol. The van der Waals surface area contributed by atoms with Gasteiger partial charge in [-0.25, -0.2) is 0 Å². The lowest BCUT2D eigenvalue weighted by atomic mass is 9.98. The number of Topliss-reactive ketones (excluding diaryl/α,β-unsaturated/α-hetero) is 1. The van der Waals surface area contributed by atoms with Gasteiger partial charge in [-0.3, -0.25) is 9.59 Å². The minimum atomic E-state index is -0.0301. The molecule has 3 heteroatoms. The van der Waals surface area contributed by atoms with Crippen LogP contribution >= 0.6 is 0 Å². The predicted octanol–water partition coefficient (Wildman–Crippen LogP) is 4.56. The Morgan fingerprint density at radius 2 is 1.62 bits per heavy atom. The molecule has 0 saturated carbocycles. The molecule has 0 radical (unpaired) electrons. The van der Waals surface area contributed by atoms with Crippen LogP contribution in [-0.2, 0) is 9.59 Å². The van der Waals surface area contributed by atoms with Crippen LogP contribution in [0.15, 0.2) is 24.3 Å². The van der Waals surface area contributed by atoms with Gasteiger partial charge in [-0.05, 0) is 37.0 Å². The number of benzene rings is 1. The molecule has 0 N–H and O–H groups in total. The maximum Gasteiger partial charge on any atom is 0.223 e. The third-order valence-electron chi connectivity index (χ3n) is 3.45. The van der Waals surface area contributed by atoms with E-state index in [9.17, 15) is 9.59 Å². The number of carbonyl (C=O) groups is 2. The third-order valence-corrected chi connectivity index (χ3v) is 3.45. The van der Waals surface area contributed by atoms with Crippen molar-refractivity contribution in [1.82, 2.24) is 0 Å². The fraction of sp³-hybridized carbons (Fsp3) is 0.556. The van der Waals surface area contributed by atoms with E-state index in [4.69, 9.17) is 0 Å². The number of carbonyl (C=O) groups excluding carboxylic acids is 2. The Labute approximate surface area is 129 Å². The zero-order valence-corrected chi connectivity index (χ0v) is 14.3. The zero-order valence-electron chi connectivity index (χ0n) is 14.3. The van der Waals surface area contributed by atoms with Crippen molar-refractivity contribution in [1.29, 1.82) is 0 Å². The lowest BCUT2D eigenvalue weighted by Crippen LogP contribution is -2.30. The molecular formula is C18H29NO2. The summed E-state index contributed by atoms with van der Waals surface area (Å²) in [6.45, 7) is 11.9. The zero-order chi connectivity index (χ0) is 16.4. The van der Waals surface area contributed by atoms with E-state index in [1.807, 2.05) is 26.0 Å². The molecule has 0 fully saturated rings. The summed E-state index contributed by atoms with van der Waals surface area (Å²) in [5, 5.41) is 0. The molecule has 0 saturated heterocycles. The minimum Gasteiger partial charge on any atom is -0.312 e. The number of hydrogen-bond acceptors (Lipinski definition) is 2. The summed E-state index contributed by atoms with van der Waals surface area (Å²) in [5.74, 6) is 0.595. The highest BCUT2D eigenvalue weighted by Gasteiger charge is 2.12. The first-order chi connectivity index (χ1) is 9.95. The molecule has 1 aromatic rings. The number of amides is 1. The second-order valence-corrected chi connectivity index (χ2v) is 5.02. The Balaban J connectivity index is 0.00000191. The highest BCUT2D eigenvalue weighted by Crippen LogP contribution is 2.22. The molecule has 0 aliphatic carbocycles. The van der Waals surface area contributed by atoms with Crippen molar-refractivity contribution in [3.63, 3.8) is 0 Å². The first-order valence-electron chi connectivity index (χ1n) is 7.83. The van der Waals surface area contributed by atoms with Crippen LogP contribution < -0.4 is 4.90 Å². The fourth-order valence-electron chi connectivity index (χ4n) is 1.96. The van der Waals surface area contributed by atoms with Gasteiger partial charge in [-0.1, -0.05) is 39.8 Å². The van der Waals surface area contributed by atoms with Crippen molar-refractivity contribution in [3.05, 3.63) is 29.8 Å². The molecule has 3 nitrogen and oxygen atoms in total. The smallest absolute Gasteiger partial charge is 0.223 e. The lowest BCUT2D eigenvalue weighted by molar-refractivity contribution is -0.117. The molecule has 1 aromatic carbocycles. The van der Waals surface area contributed by atoms with Crippen molar-refractivity contribution >= 4 is 17.4 Å². The van der Waals surface area contributed by atoms with E-state index >= 15 is 0 Å². The van der Waals surface area contributed by atoms with Crippen LogP contribution in [0.5, 0.6) is 0 Å². The van der Waals surface area contributed by atoms with Crippen LogP contribution in [0.25, 0.3) is 0 Å². The van der Waals surface area contributed by atoms with Gasteiger partial charge in [0, 0.05) is 25.6 Å². The van der Waals surface area contributed by atoms with Crippen LogP contribution in [-0.4, -0.2) is 18.2 Å². The molecule has 0 aliphatic heterocycles. The largest absolute Gasteiger partial charge is 0.312 e. The molecule has 0 spiro atoms. The summed E-state index contributed by atoms with van der Waals surface area (Å²) in [5.41, 5.74) is 2.14. The highest BCUT2D eigenvalue weighted by molar-refractivity contribution is 5.92. The molecule has 1 amide bonds. The maximum atomic E-state index is 11.6. The van der Waals surface area contributed by atoms with Crippen molar-refractivity contribution in [2.75, 3.05) is 11.4 Å². The van der Waals surface area contributed by atoms with E-state index in [1.165, 1.54) is 12.5 Å². The normalized spacial score (nSPS) is 11.1. The average Bonchev–Trinajstić information content (AvgIpc) is 2.48. The molecule has 21 heavy (non-hydrogen) atoms. The molecule has 0 aromatic heterocycles. The van der Waals surface area contributed by atoms with Crippen molar-refractivity contribution < 1.29 is 9.59 Å². The van der Waals surface area contributed by atoms with Crippen LogP contribution in [0.1, 0.15) is 65.9 Å². The topological polar surface area (TPSA) is 37.4 Å². The van der Waals surface area contributed by atoms with Crippen LogP contribution in [0.3, 0.4) is 0 Å². The van der Waals surface area contributed by atoms with Gasteiger partial charge in [0.25, 0.3) is 0 Å². The third kappa shape index (κ3) is 6.56. The molecule has 0 bridgehead atoms. The van der Waals surface area contributed by atoms with E-state index in [0.717, 1.165) is 12.1 Å². The van der Waals surface area contributed by atoms with Gasteiger partial charge in [0.05, 0.1) is 0 Å².